The van der Waals surface area contributed by atoms with Gasteiger partial charge in [-0.3, -0.25) is 0 Å². The molecule has 0 aromatic heterocycles. The van der Waals surface area contributed by atoms with Crippen molar-refractivity contribution in [3.05, 3.63) is 25.3 Å². The van der Waals surface area contributed by atoms with E-state index in [1.165, 1.54) is 0 Å². The van der Waals surface area contributed by atoms with Crippen LogP contribution in [-0.2, 0) is 4.74 Å². The first kappa shape index (κ1) is 16.8. The summed E-state index contributed by atoms with van der Waals surface area (Å²) in [5, 5.41) is 0. The van der Waals surface area contributed by atoms with Gasteiger partial charge in [0.05, 0.1) is 13.2 Å². The van der Waals surface area contributed by atoms with Gasteiger partial charge >= 0.3 is 59.1 Å². The molecule has 0 saturated heterocycles. The van der Waals surface area contributed by atoms with Gasteiger partial charge < -0.3 is 7.59 Å². The second-order valence-electron chi connectivity index (χ2n) is 1.11. The Labute approximate surface area is 104 Å². The molecule has 0 aliphatic rings. The van der Waals surface area contributed by atoms with Gasteiger partial charge in [0.15, 0.2) is 0 Å². The summed E-state index contributed by atoms with van der Waals surface area (Å²) in [4.78, 5) is 0. The summed E-state index contributed by atoms with van der Waals surface area (Å²) in [5.41, 5.74) is 0. The van der Waals surface area contributed by atoms with Gasteiger partial charge in [0.25, 0.3) is 0 Å². The first-order valence-electron chi connectivity index (χ1n) is 2.21. The minimum Gasteiger partial charge on any atom is -1.00 e. The zero-order valence-corrected chi connectivity index (χ0v) is 10.4. The van der Waals surface area contributed by atoms with Crippen molar-refractivity contribution < 1.29 is 66.7 Å². The molecule has 0 fully saturated rings. The molecule has 44 valence electrons. The quantitative estimate of drug-likeness (QED) is 0.221. The van der Waals surface area contributed by atoms with Gasteiger partial charge in [0.1, 0.15) is 0 Å². The van der Waals surface area contributed by atoms with E-state index >= 15 is 0 Å². The Bertz CT molecular complexity index is 63.6. The van der Waals surface area contributed by atoms with Crippen LogP contribution in [0.3, 0.4) is 0 Å². The summed E-state index contributed by atoms with van der Waals surface area (Å²) in [6.07, 6.45) is 3.42. The van der Waals surface area contributed by atoms with E-state index in [1.807, 2.05) is 0 Å². The van der Waals surface area contributed by atoms with Gasteiger partial charge in [-0.05, 0) is 0 Å². The Kier molecular flexibility index (Phi) is 30.3. The third-order valence-corrected chi connectivity index (χ3v) is 0.471. The summed E-state index contributed by atoms with van der Waals surface area (Å²) < 4.78 is 4.90. The summed E-state index contributed by atoms with van der Waals surface area (Å²) in [5.74, 6) is 0. The van der Waals surface area contributed by atoms with E-state index in [4.69, 9.17) is 4.74 Å². The van der Waals surface area contributed by atoms with E-state index in [0.717, 1.165) is 0 Å². The summed E-state index contributed by atoms with van der Waals surface area (Å²) >= 11 is 0. The van der Waals surface area contributed by atoms with Crippen LogP contribution in [0.5, 0.6) is 0 Å². The first-order chi connectivity index (χ1) is 3.41. The Balaban J connectivity index is -0.0000000300. The van der Waals surface area contributed by atoms with Crippen molar-refractivity contribution in [3.8, 4) is 0 Å². The van der Waals surface area contributed by atoms with Crippen molar-refractivity contribution in [3.63, 3.8) is 0 Å². The van der Waals surface area contributed by atoms with Gasteiger partial charge in [-0.15, -0.1) is 13.2 Å². The topological polar surface area (TPSA) is 9.23 Å². The summed E-state index contributed by atoms with van der Waals surface area (Å²) in [7, 11) is 0. The molecule has 0 aliphatic carbocycles. The van der Waals surface area contributed by atoms with Crippen molar-refractivity contribution in [2.45, 2.75) is 0 Å². The smallest absolute Gasteiger partial charge is 1.00 e. The van der Waals surface area contributed by atoms with Crippen molar-refractivity contribution in [2.75, 3.05) is 13.2 Å². The van der Waals surface area contributed by atoms with Gasteiger partial charge in [-0.25, -0.2) is 0 Å². The van der Waals surface area contributed by atoms with Crippen molar-refractivity contribution in [2.24, 2.45) is 0 Å². The molecular weight excluding hydrogens is 134 g/mol. The predicted octanol–water partition coefficient (Wildman–Crippen LogP) is -4.39. The van der Waals surface area contributed by atoms with E-state index in [9.17, 15) is 0 Å². The van der Waals surface area contributed by atoms with E-state index in [0.29, 0.717) is 13.2 Å². The molecule has 0 bridgehead atoms. The largest absolute Gasteiger partial charge is 1.00 e. The first-order valence-corrected chi connectivity index (χ1v) is 2.21. The van der Waals surface area contributed by atoms with Crippen LogP contribution in [0.25, 0.3) is 0 Å². The molecule has 0 saturated carbocycles. The normalized spacial score (nSPS) is 6.22. The van der Waals surface area contributed by atoms with E-state index < -0.39 is 0 Å². The number of ether oxygens (including phenoxy) is 1. The van der Waals surface area contributed by atoms with E-state index in [-0.39, 0.29) is 62.0 Å². The molecule has 0 atom stereocenters. The number of hydrogen-bond acceptors (Lipinski definition) is 1. The average Bonchev–Trinajstić information content (AvgIpc) is 1.69. The molecule has 1 nitrogen and oxygen atoms in total. The zero-order chi connectivity index (χ0) is 5.54. The van der Waals surface area contributed by atoms with Crippen LogP contribution < -0.4 is 59.1 Å². The third-order valence-electron chi connectivity index (χ3n) is 0.471. The van der Waals surface area contributed by atoms with Gasteiger partial charge in [0, 0.05) is 0 Å². The molecule has 0 aromatic carbocycles. The van der Waals surface area contributed by atoms with Gasteiger partial charge in [-0.2, -0.15) is 0 Å². The Morgan fingerprint density at radius 2 is 1.44 bits per heavy atom. The fourth-order valence-corrected chi connectivity index (χ4v) is 0.235. The standard InChI is InChI=1S/C6H10O.2Na.2H/c1-3-5-7-6-4-2;;;;/h3-4H,1-2,5-6H2;;;;/q;2*+1;2*-1. The number of hydrogen-bond donors (Lipinski definition) is 0. The van der Waals surface area contributed by atoms with Crippen LogP contribution in [0.2, 0.25) is 0 Å². The van der Waals surface area contributed by atoms with Gasteiger partial charge in [0.2, 0.25) is 0 Å². The second kappa shape index (κ2) is 16.2. The molecule has 0 heterocycles. The maximum Gasteiger partial charge on any atom is 1.00 e. The molecule has 0 unspecified atom stereocenters. The third kappa shape index (κ3) is 17.7. The Morgan fingerprint density at radius 1 is 1.11 bits per heavy atom. The van der Waals surface area contributed by atoms with Crippen LogP contribution in [0.1, 0.15) is 2.85 Å². The van der Waals surface area contributed by atoms with E-state index in [2.05, 4.69) is 13.2 Å². The molecule has 0 aliphatic heterocycles. The maximum absolute atomic E-state index is 4.90. The molecule has 3 heteroatoms. The SMILES string of the molecule is C=CCOCC=C.[H-].[H-].[Na+].[Na+]. The van der Waals surface area contributed by atoms with Crippen LogP contribution >= 0.6 is 0 Å². The molecule has 9 heavy (non-hydrogen) atoms. The maximum atomic E-state index is 4.90. The fraction of sp³-hybridized carbons (Fsp3) is 0.333. The van der Waals surface area contributed by atoms with Crippen LogP contribution in [0, 0.1) is 0 Å². The molecule has 0 N–H and O–H groups in total. The molecule has 0 spiro atoms. The molecule has 0 radical (unpaired) electrons. The summed E-state index contributed by atoms with van der Waals surface area (Å²) in [6.45, 7) is 8.18. The van der Waals surface area contributed by atoms with Gasteiger partial charge in [-0.1, -0.05) is 12.2 Å². The molecule has 0 aromatic rings. The van der Waals surface area contributed by atoms with Crippen molar-refractivity contribution in [1.29, 1.82) is 0 Å². The Morgan fingerprint density at radius 3 is 1.67 bits per heavy atom. The van der Waals surface area contributed by atoms with Crippen LogP contribution in [0.4, 0.5) is 0 Å². The molecule has 0 rings (SSSR count). The fourth-order valence-electron chi connectivity index (χ4n) is 0.235. The van der Waals surface area contributed by atoms with E-state index in [1.54, 1.807) is 12.2 Å². The summed E-state index contributed by atoms with van der Waals surface area (Å²) in [6, 6.07) is 0. The molecular formula is C6H12Na2O. The predicted molar refractivity (Wildman–Crippen MR) is 33.4 cm³/mol. The Hall–Kier alpha value is 1.44. The van der Waals surface area contributed by atoms with Crippen molar-refractivity contribution in [1.82, 2.24) is 0 Å². The minimum atomic E-state index is 0. The molecule has 0 amide bonds. The van der Waals surface area contributed by atoms with Crippen LogP contribution in [0.15, 0.2) is 25.3 Å². The zero-order valence-electron chi connectivity index (χ0n) is 8.39. The average molecular weight is 146 g/mol. The monoisotopic (exact) mass is 146 g/mol. The van der Waals surface area contributed by atoms with Crippen molar-refractivity contribution >= 4 is 0 Å². The minimum absolute atomic E-state index is 0. The number of rotatable bonds is 4. The second-order valence-corrected chi connectivity index (χ2v) is 1.11. The van der Waals surface area contributed by atoms with Crippen LogP contribution in [-0.4, -0.2) is 13.2 Å².